The summed E-state index contributed by atoms with van der Waals surface area (Å²) in [6.07, 6.45) is 0.532. The number of aromatic nitrogens is 2. The molecule has 1 aromatic heterocycles. The van der Waals surface area contributed by atoms with Gasteiger partial charge in [-0.3, -0.25) is 4.79 Å². The van der Waals surface area contributed by atoms with Crippen molar-refractivity contribution in [3.8, 4) is 0 Å². The van der Waals surface area contributed by atoms with Gasteiger partial charge in [-0.15, -0.1) is 0 Å². The molecule has 0 fully saturated rings. The van der Waals surface area contributed by atoms with E-state index in [0.29, 0.717) is 32.6 Å². The smallest absolute Gasteiger partial charge is 0.356 e. The number of nitrogens with one attached hydrogen (secondary N) is 1. The number of hydrogen-bond donors (Lipinski definition) is 1. The number of rotatable bonds is 6. The van der Waals surface area contributed by atoms with Crippen LogP contribution in [0.2, 0.25) is 10.0 Å². The Bertz CT molecular complexity index is 808. The van der Waals surface area contributed by atoms with Crippen LogP contribution in [-0.4, -0.2) is 28.0 Å². The van der Waals surface area contributed by atoms with E-state index in [0.717, 1.165) is 0 Å². The molecule has 2 aromatic rings. The Morgan fingerprint density at radius 2 is 2.04 bits per heavy atom. The van der Waals surface area contributed by atoms with Gasteiger partial charge in [0.2, 0.25) is 5.91 Å². The third kappa shape index (κ3) is 4.74. The van der Waals surface area contributed by atoms with Gasteiger partial charge in [-0.25, -0.2) is 9.78 Å². The minimum absolute atomic E-state index is 0.124. The van der Waals surface area contributed by atoms with E-state index < -0.39 is 5.97 Å². The first kappa shape index (κ1) is 19.8. The highest BCUT2D eigenvalue weighted by molar-refractivity contribution is 9.10. The van der Waals surface area contributed by atoms with Crippen molar-refractivity contribution in [3.05, 3.63) is 44.4 Å². The number of anilines is 1. The zero-order valence-electron chi connectivity index (χ0n) is 13.6. The molecule has 25 heavy (non-hydrogen) atoms. The molecule has 1 N–H and O–H groups in total. The quantitative estimate of drug-likeness (QED) is 0.667. The Balaban J connectivity index is 2.25. The van der Waals surface area contributed by atoms with Gasteiger partial charge in [0.25, 0.3) is 0 Å². The van der Waals surface area contributed by atoms with Crippen molar-refractivity contribution in [2.24, 2.45) is 0 Å². The third-order valence-electron chi connectivity index (χ3n) is 3.30. The molecular formula is C16H16BrCl2N3O3. The summed E-state index contributed by atoms with van der Waals surface area (Å²) in [4.78, 5) is 28.9. The molecule has 0 aliphatic heterocycles. The largest absolute Gasteiger partial charge is 0.461 e. The molecule has 0 saturated heterocycles. The maximum atomic E-state index is 12.4. The van der Waals surface area contributed by atoms with Crippen molar-refractivity contribution in [2.45, 2.75) is 26.8 Å². The number of aryl methyl sites for hydroxylation is 1. The highest BCUT2D eigenvalue weighted by Gasteiger charge is 2.23. The van der Waals surface area contributed by atoms with Crippen molar-refractivity contribution in [3.63, 3.8) is 0 Å². The monoisotopic (exact) mass is 447 g/mol. The van der Waals surface area contributed by atoms with Gasteiger partial charge >= 0.3 is 5.97 Å². The second kappa shape index (κ2) is 8.69. The summed E-state index contributed by atoms with van der Waals surface area (Å²) in [6, 6.07) is 4.76. The molecule has 6 nitrogen and oxygen atoms in total. The summed E-state index contributed by atoms with van der Waals surface area (Å²) in [5, 5.41) is 3.48. The molecule has 0 aliphatic rings. The topological polar surface area (TPSA) is 73.2 Å². The molecule has 0 saturated carbocycles. The van der Waals surface area contributed by atoms with Gasteiger partial charge in [-0.1, -0.05) is 30.1 Å². The molecule has 1 amide bonds. The zero-order chi connectivity index (χ0) is 18.6. The molecule has 1 heterocycles. The Morgan fingerprint density at radius 1 is 1.32 bits per heavy atom. The molecular weight excluding hydrogens is 433 g/mol. The molecule has 0 radical (unpaired) electrons. The Labute approximate surface area is 163 Å². The van der Waals surface area contributed by atoms with Gasteiger partial charge < -0.3 is 14.6 Å². The predicted octanol–water partition coefficient (Wildman–Crippen LogP) is 4.33. The summed E-state index contributed by atoms with van der Waals surface area (Å²) in [6.45, 7) is 3.70. The van der Waals surface area contributed by atoms with Crippen molar-refractivity contribution in [2.75, 3.05) is 11.9 Å². The van der Waals surface area contributed by atoms with E-state index in [9.17, 15) is 9.59 Å². The van der Waals surface area contributed by atoms with Gasteiger partial charge in [0.05, 0.1) is 23.0 Å². The lowest BCUT2D eigenvalue weighted by Crippen LogP contribution is -2.23. The fourth-order valence-electron chi connectivity index (χ4n) is 2.22. The van der Waals surface area contributed by atoms with Crippen molar-refractivity contribution >= 4 is 56.7 Å². The number of nitrogens with zero attached hydrogens (tertiary/aromatic N) is 2. The molecule has 2 rings (SSSR count). The number of amides is 1. The van der Waals surface area contributed by atoms with Gasteiger partial charge in [-0.05, 0) is 47.5 Å². The second-order valence-corrected chi connectivity index (χ2v) is 6.56. The highest BCUT2D eigenvalue weighted by atomic mass is 79.9. The lowest BCUT2D eigenvalue weighted by atomic mass is 10.2. The van der Waals surface area contributed by atoms with E-state index in [2.05, 4.69) is 26.2 Å². The van der Waals surface area contributed by atoms with Gasteiger partial charge in [-0.2, -0.15) is 0 Å². The van der Waals surface area contributed by atoms with Crippen LogP contribution in [0.5, 0.6) is 0 Å². The maximum absolute atomic E-state index is 12.4. The Hall–Kier alpha value is -1.57. The Kier molecular flexibility index (Phi) is 6.87. The van der Waals surface area contributed by atoms with Gasteiger partial charge in [0.15, 0.2) is 10.4 Å². The summed E-state index contributed by atoms with van der Waals surface area (Å²) < 4.78 is 6.92. The average molecular weight is 449 g/mol. The van der Waals surface area contributed by atoms with Crippen molar-refractivity contribution in [1.82, 2.24) is 9.55 Å². The molecule has 9 heteroatoms. The highest BCUT2D eigenvalue weighted by Crippen LogP contribution is 2.26. The first-order chi connectivity index (χ1) is 11.9. The Morgan fingerprint density at radius 3 is 2.64 bits per heavy atom. The second-order valence-electron chi connectivity index (χ2n) is 5.01. The van der Waals surface area contributed by atoms with Crippen LogP contribution < -0.4 is 5.32 Å². The molecule has 134 valence electrons. The number of benzene rings is 1. The fraction of sp³-hybridized carbons (Fsp3) is 0.312. The van der Waals surface area contributed by atoms with E-state index in [4.69, 9.17) is 27.9 Å². The number of esters is 1. The third-order valence-corrected chi connectivity index (χ3v) is 4.46. The van der Waals surface area contributed by atoms with E-state index in [1.807, 2.05) is 6.92 Å². The number of imidazole rings is 1. The van der Waals surface area contributed by atoms with Gasteiger partial charge in [0.1, 0.15) is 6.54 Å². The minimum Gasteiger partial charge on any atom is -0.461 e. The average Bonchev–Trinajstić information content (AvgIpc) is 2.86. The van der Waals surface area contributed by atoms with E-state index >= 15 is 0 Å². The predicted molar refractivity (Wildman–Crippen MR) is 100 cm³/mol. The summed E-state index contributed by atoms with van der Waals surface area (Å²) in [5.41, 5.74) is 1.25. The van der Waals surface area contributed by atoms with Crippen molar-refractivity contribution in [1.29, 1.82) is 0 Å². The van der Waals surface area contributed by atoms with E-state index in [1.165, 1.54) is 10.6 Å². The van der Waals surface area contributed by atoms with Crippen LogP contribution in [0.4, 0.5) is 5.69 Å². The van der Waals surface area contributed by atoms with Crippen LogP contribution in [0, 0.1) is 0 Å². The van der Waals surface area contributed by atoms with Crippen LogP contribution in [0.3, 0.4) is 0 Å². The number of ether oxygens (including phenoxy) is 1. The van der Waals surface area contributed by atoms with Crippen LogP contribution in [0.15, 0.2) is 22.9 Å². The number of hydrogen-bond acceptors (Lipinski definition) is 4. The zero-order valence-corrected chi connectivity index (χ0v) is 16.7. The molecule has 1 aromatic carbocycles. The lowest BCUT2D eigenvalue weighted by Gasteiger charge is -2.11. The van der Waals surface area contributed by atoms with Crippen molar-refractivity contribution < 1.29 is 14.3 Å². The van der Waals surface area contributed by atoms with E-state index in [1.54, 1.807) is 19.1 Å². The number of carbonyl (C=O) groups excluding carboxylic acids is 2. The summed E-state index contributed by atoms with van der Waals surface area (Å²) in [5.74, 6) is -0.884. The number of halogens is 3. The molecule has 0 atom stereocenters. The molecule has 0 aliphatic carbocycles. The van der Waals surface area contributed by atoms with Crippen LogP contribution in [-0.2, 0) is 22.5 Å². The summed E-state index contributed by atoms with van der Waals surface area (Å²) >= 11 is 15.2. The van der Waals surface area contributed by atoms with Crippen LogP contribution >= 0.6 is 39.1 Å². The van der Waals surface area contributed by atoms with Crippen LogP contribution in [0.1, 0.15) is 30.0 Å². The molecule has 0 unspecified atom stereocenters. The van der Waals surface area contributed by atoms with E-state index in [-0.39, 0.29) is 24.8 Å². The SMILES string of the molecule is CCOC(=O)c1c(CC)nc(Br)n1CC(=O)Nc1ccc(Cl)cc1Cl. The fourth-order valence-corrected chi connectivity index (χ4v) is 3.19. The minimum atomic E-state index is -0.519. The maximum Gasteiger partial charge on any atom is 0.356 e. The molecule has 0 bridgehead atoms. The van der Waals surface area contributed by atoms with Gasteiger partial charge in [0, 0.05) is 5.02 Å². The first-order valence-electron chi connectivity index (χ1n) is 7.54. The first-order valence-corrected chi connectivity index (χ1v) is 9.09. The normalized spacial score (nSPS) is 10.6. The molecule has 0 spiro atoms. The van der Waals surface area contributed by atoms with Crippen LogP contribution in [0.25, 0.3) is 0 Å². The number of carbonyl (C=O) groups is 2. The standard InChI is InChI=1S/C16H16BrCl2N3O3/c1-3-11-14(15(24)25-4-2)22(16(17)21-11)8-13(23)20-12-6-5-9(18)7-10(12)19/h5-7H,3-4,8H2,1-2H3,(H,20,23). The lowest BCUT2D eigenvalue weighted by molar-refractivity contribution is -0.116. The summed E-state index contributed by atoms with van der Waals surface area (Å²) in [7, 11) is 0.